The summed E-state index contributed by atoms with van der Waals surface area (Å²) in [4.78, 5) is 29.3. The number of ether oxygens (including phenoxy) is 1. The lowest BCUT2D eigenvalue weighted by atomic mass is 9.68. The fraction of sp³-hybridized carbons (Fsp3) is 0.385. The number of amides is 2. The number of allylic oxidation sites excluding steroid dienone is 1. The van der Waals surface area contributed by atoms with Gasteiger partial charge in [-0.15, -0.1) is 0 Å². The molecule has 7 nitrogen and oxygen atoms in total. The van der Waals surface area contributed by atoms with Gasteiger partial charge in [-0.05, 0) is 84.2 Å². The fourth-order valence-electron chi connectivity index (χ4n) is 7.72. The molecular formula is C39H42FNO6. The van der Waals surface area contributed by atoms with Crippen LogP contribution in [-0.2, 0) is 9.59 Å². The van der Waals surface area contributed by atoms with Gasteiger partial charge >= 0.3 is 0 Å². The largest absolute Gasteiger partial charge is 0.505 e. The molecule has 6 rings (SSSR count). The number of hydrogen-bond acceptors (Lipinski definition) is 6. The molecule has 246 valence electrons. The van der Waals surface area contributed by atoms with E-state index in [1.807, 2.05) is 66.7 Å². The normalized spacial score (nSPS) is 22.8. The van der Waals surface area contributed by atoms with Crippen LogP contribution >= 0.6 is 0 Å². The minimum atomic E-state index is -1.03. The Morgan fingerprint density at radius 3 is 2.34 bits per heavy atom. The van der Waals surface area contributed by atoms with E-state index in [-0.39, 0.29) is 43.9 Å². The van der Waals surface area contributed by atoms with Gasteiger partial charge in [0, 0.05) is 12.0 Å². The topological polar surface area (TPSA) is 107 Å². The number of aliphatic hydroxyl groups is 2. The number of fused-ring (bicyclic) bond motifs is 1. The highest BCUT2D eigenvalue weighted by Crippen LogP contribution is 2.48. The van der Waals surface area contributed by atoms with Gasteiger partial charge in [0.25, 0.3) is 0 Å². The zero-order valence-electron chi connectivity index (χ0n) is 26.4. The van der Waals surface area contributed by atoms with E-state index in [9.17, 15) is 29.3 Å². The fourth-order valence-corrected chi connectivity index (χ4v) is 7.72. The quantitative estimate of drug-likeness (QED) is 0.125. The lowest BCUT2D eigenvalue weighted by molar-refractivity contribution is -0.143. The third-order valence-corrected chi connectivity index (χ3v) is 10.0. The number of imide groups is 1. The molecule has 4 atom stereocenters. The molecule has 1 saturated carbocycles. The van der Waals surface area contributed by atoms with Gasteiger partial charge in [0.05, 0.1) is 24.5 Å². The summed E-state index contributed by atoms with van der Waals surface area (Å²) in [5.41, 5.74) is 3.62. The first-order valence-electron chi connectivity index (χ1n) is 16.7. The van der Waals surface area contributed by atoms with Crippen molar-refractivity contribution in [2.75, 3.05) is 13.2 Å². The van der Waals surface area contributed by atoms with Crippen molar-refractivity contribution >= 4 is 23.5 Å². The van der Waals surface area contributed by atoms with Crippen molar-refractivity contribution in [3.05, 3.63) is 107 Å². The maximum atomic E-state index is 14.2. The molecule has 0 aromatic heterocycles. The van der Waals surface area contributed by atoms with Crippen molar-refractivity contribution in [2.45, 2.75) is 63.5 Å². The van der Waals surface area contributed by atoms with Gasteiger partial charge in [-0.25, -0.2) is 4.39 Å². The van der Waals surface area contributed by atoms with E-state index in [0.29, 0.717) is 23.3 Å². The number of likely N-dealkylation sites (tertiary alicyclic amines) is 1. The number of hydrogen-bond donors (Lipinski definition) is 3. The van der Waals surface area contributed by atoms with Gasteiger partial charge < -0.3 is 20.1 Å². The average Bonchev–Trinajstić information content (AvgIpc) is 3.36. The van der Waals surface area contributed by atoms with Crippen LogP contribution in [0.4, 0.5) is 4.39 Å². The second-order valence-electron chi connectivity index (χ2n) is 12.9. The highest BCUT2D eigenvalue weighted by molar-refractivity contribution is 6.06. The van der Waals surface area contributed by atoms with Crippen LogP contribution in [0.25, 0.3) is 11.6 Å². The summed E-state index contributed by atoms with van der Waals surface area (Å²) in [5, 5.41) is 32.4. The Morgan fingerprint density at radius 1 is 0.957 bits per heavy atom. The van der Waals surface area contributed by atoms with Gasteiger partial charge in [0.15, 0.2) is 11.6 Å². The third-order valence-electron chi connectivity index (χ3n) is 10.0. The maximum Gasteiger partial charge on any atom is 0.234 e. The number of aliphatic hydroxyl groups excluding tert-OH is 2. The summed E-state index contributed by atoms with van der Waals surface area (Å²) < 4.78 is 20.3. The second-order valence-corrected chi connectivity index (χ2v) is 12.9. The number of carbonyl (C=O) groups excluding carboxylic acids is 2. The summed E-state index contributed by atoms with van der Waals surface area (Å²) >= 11 is 0. The first-order valence-corrected chi connectivity index (χ1v) is 16.7. The number of rotatable bonds is 11. The molecule has 2 fully saturated rings. The van der Waals surface area contributed by atoms with Crippen LogP contribution in [0.15, 0.2) is 90.0 Å². The van der Waals surface area contributed by atoms with Crippen LogP contribution < -0.4 is 4.74 Å². The molecular weight excluding hydrogens is 597 g/mol. The molecule has 0 radical (unpaired) electrons. The summed E-state index contributed by atoms with van der Waals surface area (Å²) in [6, 6.07) is 23.0. The Morgan fingerprint density at radius 2 is 1.66 bits per heavy atom. The van der Waals surface area contributed by atoms with Crippen molar-refractivity contribution in [1.82, 2.24) is 4.90 Å². The van der Waals surface area contributed by atoms with Gasteiger partial charge in [-0.2, -0.15) is 0 Å². The number of phenolic OH excluding ortho intramolecular Hbond substituents is 1. The first-order chi connectivity index (χ1) is 22.9. The Bertz CT molecular complexity index is 1630. The van der Waals surface area contributed by atoms with Crippen molar-refractivity contribution in [1.29, 1.82) is 0 Å². The molecule has 3 N–H and O–H groups in total. The number of nitrogens with zero attached hydrogens (tertiary/aromatic N) is 1. The van der Waals surface area contributed by atoms with E-state index in [1.165, 1.54) is 17.0 Å². The van der Waals surface area contributed by atoms with E-state index >= 15 is 0 Å². The molecule has 47 heavy (non-hydrogen) atoms. The van der Waals surface area contributed by atoms with Crippen molar-refractivity contribution in [3.63, 3.8) is 0 Å². The van der Waals surface area contributed by atoms with E-state index < -0.39 is 35.4 Å². The summed E-state index contributed by atoms with van der Waals surface area (Å²) in [6.45, 7) is -0.261. The van der Waals surface area contributed by atoms with Crippen LogP contribution in [-0.4, -0.2) is 57.4 Å². The van der Waals surface area contributed by atoms with Crippen LogP contribution in [0, 0.1) is 23.6 Å². The Balaban J connectivity index is 1.31. The number of phenols is 1. The molecule has 0 bridgehead atoms. The predicted molar refractivity (Wildman–Crippen MR) is 177 cm³/mol. The Kier molecular flexibility index (Phi) is 10.2. The van der Waals surface area contributed by atoms with Crippen LogP contribution in [0.1, 0.15) is 62.5 Å². The van der Waals surface area contributed by atoms with Gasteiger partial charge in [0.2, 0.25) is 11.8 Å². The molecule has 1 saturated heterocycles. The molecule has 3 aromatic carbocycles. The number of aromatic hydroxyl groups is 1. The second kappa shape index (κ2) is 14.7. The van der Waals surface area contributed by atoms with Gasteiger partial charge in [-0.3, -0.25) is 14.5 Å². The summed E-state index contributed by atoms with van der Waals surface area (Å²) in [6.07, 6.45) is 6.39. The lowest BCUT2D eigenvalue weighted by Gasteiger charge is -2.36. The van der Waals surface area contributed by atoms with E-state index in [4.69, 9.17) is 4.74 Å². The number of halogens is 1. The van der Waals surface area contributed by atoms with Gasteiger partial charge in [0.1, 0.15) is 12.4 Å². The number of para-hydroxylation sites is 1. The first kappa shape index (κ1) is 32.7. The smallest absolute Gasteiger partial charge is 0.234 e. The molecule has 3 aromatic rings. The molecule has 2 aliphatic carbocycles. The van der Waals surface area contributed by atoms with E-state index in [0.717, 1.165) is 48.8 Å². The molecule has 0 unspecified atom stereocenters. The summed E-state index contributed by atoms with van der Waals surface area (Å²) in [7, 11) is 0. The van der Waals surface area contributed by atoms with E-state index in [1.54, 1.807) is 6.07 Å². The molecule has 1 aliphatic heterocycles. The zero-order valence-corrected chi connectivity index (χ0v) is 26.4. The monoisotopic (exact) mass is 639 g/mol. The highest BCUT2D eigenvalue weighted by Gasteiger charge is 2.56. The Labute approximate surface area is 275 Å². The van der Waals surface area contributed by atoms with Crippen LogP contribution in [0.2, 0.25) is 0 Å². The van der Waals surface area contributed by atoms with E-state index in [2.05, 4.69) is 0 Å². The predicted octanol–water partition coefficient (Wildman–Crippen LogP) is 6.53. The average molecular weight is 640 g/mol. The number of carbonyl (C=O) groups is 2. The zero-order chi connectivity index (χ0) is 32.9. The molecule has 1 heterocycles. The highest BCUT2D eigenvalue weighted by atomic mass is 19.1. The van der Waals surface area contributed by atoms with Crippen molar-refractivity contribution in [3.8, 4) is 11.5 Å². The van der Waals surface area contributed by atoms with Crippen molar-refractivity contribution in [2.24, 2.45) is 17.8 Å². The lowest BCUT2D eigenvalue weighted by Crippen LogP contribution is -2.42. The summed E-state index contributed by atoms with van der Waals surface area (Å²) in [5.74, 6) is -2.98. The number of benzene rings is 3. The minimum Gasteiger partial charge on any atom is -0.505 e. The Hall–Kier alpha value is -4.27. The minimum absolute atomic E-state index is 0.116. The van der Waals surface area contributed by atoms with Gasteiger partial charge in [-0.1, -0.05) is 79.9 Å². The molecule has 2 amide bonds. The van der Waals surface area contributed by atoms with Crippen molar-refractivity contribution < 1.29 is 34.0 Å². The molecule has 3 aliphatic rings. The standard InChI is InChI=1S/C39H42FNO6/c40-33-21-25(16-18-34(33)43)20-27(26-10-4-1-5-11-26)17-19-35(44)36-28(24-47-30-14-8-3-9-15-30)22-31-37(32(36)23-42)39(46)41(38(31)45)29-12-6-2-7-13-29/h1,3-5,8-11,14-16,18,20-21,29,31-32,35,37,42-44H,2,6-7,12-13,17,19,22-24H2/b27-20-/t31-,32+,35-,37-/m1/s1. The third kappa shape index (κ3) is 7.04. The van der Waals surface area contributed by atoms with Crippen LogP contribution in [0.5, 0.6) is 11.5 Å². The SMILES string of the molecule is O=C1[C@@H]2[C@@H](CC(COc3ccccc3)=C([C@H](O)CC/C(=C/c3ccc(O)c(F)c3)c3ccccc3)[C@@H]2CO)C(=O)N1C1CCCCC1. The molecule has 0 spiro atoms. The van der Waals surface area contributed by atoms with Crippen LogP contribution in [0.3, 0.4) is 0 Å². The molecule has 8 heteroatoms. The maximum absolute atomic E-state index is 14.2.